The van der Waals surface area contributed by atoms with E-state index in [1.54, 1.807) is 24.5 Å². The van der Waals surface area contributed by atoms with E-state index < -0.39 is 0 Å². The van der Waals surface area contributed by atoms with Crippen molar-refractivity contribution in [2.75, 3.05) is 13.7 Å². The highest BCUT2D eigenvalue weighted by Gasteiger charge is 2.31. The average Bonchev–Trinajstić information content (AvgIpc) is 3.37. The van der Waals surface area contributed by atoms with E-state index in [9.17, 15) is 4.79 Å². The highest BCUT2D eigenvalue weighted by Crippen LogP contribution is 2.32. The summed E-state index contributed by atoms with van der Waals surface area (Å²) in [4.78, 5) is 15.7. The molecule has 1 fully saturated rings. The third kappa shape index (κ3) is 5.62. The van der Waals surface area contributed by atoms with Crippen LogP contribution in [0.25, 0.3) is 6.08 Å². The molecule has 1 aromatic heterocycles. The van der Waals surface area contributed by atoms with E-state index >= 15 is 0 Å². The van der Waals surface area contributed by atoms with Crippen molar-refractivity contribution in [2.45, 2.75) is 25.4 Å². The van der Waals surface area contributed by atoms with Gasteiger partial charge in [0.15, 0.2) is 11.5 Å². The summed E-state index contributed by atoms with van der Waals surface area (Å²) in [6, 6.07) is 9.96. The van der Waals surface area contributed by atoms with Crippen molar-refractivity contribution in [3.63, 3.8) is 0 Å². The summed E-state index contributed by atoms with van der Waals surface area (Å²) in [7, 11) is 1.59. The van der Waals surface area contributed by atoms with Gasteiger partial charge in [-0.3, -0.25) is 4.79 Å². The Morgan fingerprint density at radius 2 is 2.19 bits per heavy atom. The third-order valence-electron chi connectivity index (χ3n) is 4.17. The predicted octanol–water partition coefficient (Wildman–Crippen LogP) is 5.09. The first-order chi connectivity index (χ1) is 13.1. The van der Waals surface area contributed by atoms with Gasteiger partial charge in [-0.1, -0.05) is 30.3 Å². The molecule has 1 saturated carbocycles. The van der Waals surface area contributed by atoms with E-state index in [2.05, 4.69) is 6.58 Å². The van der Waals surface area contributed by atoms with Gasteiger partial charge < -0.3 is 14.4 Å². The molecule has 27 heavy (non-hydrogen) atoms. The van der Waals surface area contributed by atoms with Gasteiger partial charge in [0.05, 0.1) is 7.11 Å². The normalized spacial score (nSPS) is 13.6. The summed E-state index contributed by atoms with van der Waals surface area (Å²) in [5.41, 5.74) is 0.982. The van der Waals surface area contributed by atoms with Crippen molar-refractivity contribution < 1.29 is 14.3 Å². The Labute approximate surface area is 168 Å². The van der Waals surface area contributed by atoms with Crippen molar-refractivity contribution in [1.29, 1.82) is 0 Å². The first kappa shape index (κ1) is 19.5. The second-order valence-corrected chi connectivity index (χ2v) is 7.85. The fraction of sp³-hybridized carbons (Fsp3) is 0.286. The molecule has 0 aliphatic heterocycles. The topological polar surface area (TPSA) is 38.8 Å². The van der Waals surface area contributed by atoms with E-state index in [4.69, 9.17) is 21.1 Å². The van der Waals surface area contributed by atoms with Crippen molar-refractivity contribution in [1.82, 2.24) is 4.90 Å². The zero-order valence-corrected chi connectivity index (χ0v) is 16.8. The molecule has 1 heterocycles. The molecule has 142 valence electrons. The molecular formula is C21H22ClNO3S. The molecule has 1 aromatic carbocycles. The molecule has 3 rings (SSSR count). The summed E-state index contributed by atoms with van der Waals surface area (Å²) in [6.45, 7) is 4.37. The molecule has 0 unspecified atom stereocenters. The van der Waals surface area contributed by atoms with E-state index in [-0.39, 0.29) is 12.5 Å². The first-order valence-electron chi connectivity index (χ1n) is 8.72. The van der Waals surface area contributed by atoms with Crippen molar-refractivity contribution in [2.24, 2.45) is 0 Å². The Hall–Kier alpha value is -2.24. The predicted molar refractivity (Wildman–Crippen MR) is 110 cm³/mol. The minimum absolute atomic E-state index is 0.0262. The molecule has 4 nitrogen and oxygen atoms in total. The van der Waals surface area contributed by atoms with Gasteiger partial charge in [0.2, 0.25) is 5.91 Å². The smallest absolute Gasteiger partial charge is 0.247 e. The molecule has 1 aliphatic rings. The number of hydrogen-bond donors (Lipinski definition) is 0. The molecule has 0 atom stereocenters. The summed E-state index contributed by atoms with van der Waals surface area (Å²) in [5, 5.41) is 2.41. The van der Waals surface area contributed by atoms with E-state index in [0.29, 0.717) is 29.1 Å². The van der Waals surface area contributed by atoms with Crippen molar-refractivity contribution in [3.8, 4) is 11.5 Å². The number of ether oxygens (including phenoxy) is 2. The monoisotopic (exact) mass is 403 g/mol. The van der Waals surface area contributed by atoms with Gasteiger partial charge in [0, 0.05) is 28.6 Å². The summed E-state index contributed by atoms with van der Waals surface area (Å²) in [5.74, 6) is 1.24. The van der Waals surface area contributed by atoms with Gasteiger partial charge in [-0.25, -0.2) is 0 Å². The minimum Gasteiger partial charge on any atom is -0.493 e. The Bertz CT molecular complexity index is 828. The van der Waals surface area contributed by atoms with Crippen LogP contribution in [0.5, 0.6) is 11.5 Å². The fourth-order valence-electron chi connectivity index (χ4n) is 2.69. The minimum atomic E-state index is 0.0262. The number of benzene rings is 1. The van der Waals surface area contributed by atoms with Crippen LogP contribution in [0.15, 0.2) is 53.4 Å². The molecule has 1 amide bonds. The van der Waals surface area contributed by atoms with Crippen LogP contribution in [-0.2, 0) is 11.3 Å². The van der Waals surface area contributed by atoms with Crippen LogP contribution in [-0.4, -0.2) is 30.6 Å². The molecule has 6 heteroatoms. The number of carbonyl (C=O) groups excluding carboxylic acids is 1. The number of carbonyl (C=O) groups is 1. The maximum absolute atomic E-state index is 12.7. The quantitative estimate of drug-likeness (QED) is 0.547. The number of methoxy groups -OCH3 is 1. The Morgan fingerprint density at radius 1 is 1.37 bits per heavy atom. The van der Waals surface area contributed by atoms with Crippen molar-refractivity contribution >= 4 is 34.9 Å². The lowest BCUT2D eigenvalue weighted by Gasteiger charge is -2.22. The lowest BCUT2D eigenvalue weighted by molar-refractivity contribution is -0.127. The van der Waals surface area contributed by atoms with E-state index in [1.807, 2.05) is 46.7 Å². The zero-order chi connectivity index (χ0) is 19.2. The van der Waals surface area contributed by atoms with E-state index in [0.717, 1.165) is 23.3 Å². The number of nitrogens with zero attached hydrogens (tertiary/aromatic N) is 1. The third-order valence-corrected chi connectivity index (χ3v) is 5.12. The van der Waals surface area contributed by atoms with Crippen LogP contribution in [0.2, 0.25) is 0 Å². The van der Waals surface area contributed by atoms with Crippen LogP contribution in [0, 0.1) is 0 Å². The average molecular weight is 404 g/mol. The molecular weight excluding hydrogens is 382 g/mol. The molecule has 0 radical (unpaired) electrons. The number of rotatable bonds is 9. The molecule has 1 aliphatic carbocycles. The largest absolute Gasteiger partial charge is 0.493 e. The number of hydrogen-bond acceptors (Lipinski definition) is 4. The van der Waals surface area contributed by atoms with Gasteiger partial charge >= 0.3 is 0 Å². The Balaban J connectivity index is 1.73. The first-order valence-corrected chi connectivity index (χ1v) is 9.97. The molecule has 0 saturated heterocycles. The summed E-state index contributed by atoms with van der Waals surface area (Å²) < 4.78 is 11.0. The zero-order valence-electron chi connectivity index (χ0n) is 15.2. The van der Waals surface area contributed by atoms with Gasteiger partial charge in [-0.05, 0) is 48.1 Å². The van der Waals surface area contributed by atoms with Crippen LogP contribution in [0.4, 0.5) is 0 Å². The van der Waals surface area contributed by atoms with Crippen LogP contribution >= 0.6 is 22.9 Å². The number of amides is 1. The van der Waals surface area contributed by atoms with E-state index in [1.165, 1.54) is 0 Å². The Morgan fingerprint density at radius 3 is 2.81 bits per heavy atom. The maximum atomic E-state index is 12.7. The van der Waals surface area contributed by atoms with Gasteiger partial charge in [-0.15, -0.1) is 11.3 Å². The second-order valence-electron chi connectivity index (χ2n) is 6.34. The maximum Gasteiger partial charge on any atom is 0.247 e. The summed E-state index contributed by atoms with van der Waals surface area (Å²) in [6.07, 6.45) is 5.62. The molecule has 0 spiro atoms. The SMILES string of the molecule is C=C(Cl)COc1cc(CN(C(=O)/C=C/c2cccs2)C2CC2)ccc1OC. The standard InChI is InChI=1S/C21H22ClNO3S/c1-15(22)14-26-20-12-16(5-9-19(20)25-2)13-23(17-6-7-17)21(24)10-8-18-4-3-11-27-18/h3-5,8-12,17H,1,6-7,13-14H2,2H3/b10-8+. The second kappa shape index (κ2) is 9.11. The fourth-order valence-corrected chi connectivity index (χ4v) is 3.37. The van der Waals surface area contributed by atoms with Gasteiger partial charge in [0.1, 0.15) is 6.61 Å². The molecule has 0 N–H and O–H groups in total. The number of halogens is 1. The van der Waals surface area contributed by atoms with Crippen molar-refractivity contribution in [3.05, 3.63) is 63.8 Å². The Kier molecular flexibility index (Phi) is 6.58. The van der Waals surface area contributed by atoms with Gasteiger partial charge in [0.25, 0.3) is 0 Å². The highest BCUT2D eigenvalue weighted by atomic mass is 35.5. The molecule has 2 aromatic rings. The van der Waals surface area contributed by atoms with Gasteiger partial charge in [-0.2, -0.15) is 0 Å². The summed E-state index contributed by atoms with van der Waals surface area (Å²) >= 11 is 7.41. The molecule has 0 bridgehead atoms. The van der Waals surface area contributed by atoms with Crippen LogP contribution in [0.1, 0.15) is 23.3 Å². The lowest BCUT2D eigenvalue weighted by atomic mass is 10.1. The van der Waals surface area contributed by atoms with Crippen LogP contribution in [0.3, 0.4) is 0 Å². The highest BCUT2D eigenvalue weighted by molar-refractivity contribution is 7.10. The number of thiophene rings is 1. The lowest BCUT2D eigenvalue weighted by Crippen LogP contribution is -2.31. The van der Waals surface area contributed by atoms with Crippen LogP contribution < -0.4 is 9.47 Å².